The molecule has 0 radical (unpaired) electrons. The van der Waals surface area contributed by atoms with E-state index in [1.54, 1.807) is 61.1 Å². The van der Waals surface area contributed by atoms with E-state index < -0.39 is 18.0 Å². The molecule has 1 aromatic heterocycles. The molecular formula is C25H27N3O5. The molecule has 3 aromatic rings. The van der Waals surface area contributed by atoms with Gasteiger partial charge in [-0.1, -0.05) is 30.3 Å². The van der Waals surface area contributed by atoms with E-state index in [0.29, 0.717) is 18.0 Å². The van der Waals surface area contributed by atoms with Crippen LogP contribution in [-0.4, -0.2) is 34.0 Å². The lowest BCUT2D eigenvalue weighted by Crippen LogP contribution is -2.31. The Morgan fingerprint density at radius 2 is 1.76 bits per heavy atom. The van der Waals surface area contributed by atoms with Crippen LogP contribution in [0.4, 0.5) is 5.69 Å². The smallest absolute Gasteiger partial charge is 0.331 e. The first kappa shape index (κ1) is 23.6. The molecule has 1 amide bonds. The Morgan fingerprint density at radius 3 is 2.39 bits per heavy atom. The van der Waals surface area contributed by atoms with E-state index >= 15 is 0 Å². The fourth-order valence-electron chi connectivity index (χ4n) is 3.21. The molecule has 3 rings (SSSR count). The molecule has 0 fully saturated rings. The molecule has 8 nitrogen and oxygen atoms in total. The van der Waals surface area contributed by atoms with Gasteiger partial charge >= 0.3 is 5.97 Å². The van der Waals surface area contributed by atoms with E-state index in [4.69, 9.17) is 9.47 Å². The molecule has 0 saturated carbocycles. The van der Waals surface area contributed by atoms with Crippen molar-refractivity contribution in [2.24, 2.45) is 7.05 Å². The van der Waals surface area contributed by atoms with Gasteiger partial charge in [-0.15, -0.1) is 0 Å². The summed E-state index contributed by atoms with van der Waals surface area (Å²) in [5.41, 5.74) is 1.80. The van der Waals surface area contributed by atoms with Crippen LogP contribution in [0.1, 0.15) is 25.1 Å². The van der Waals surface area contributed by atoms with Crippen molar-refractivity contribution in [2.75, 3.05) is 11.9 Å². The summed E-state index contributed by atoms with van der Waals surface area (Å²) in [5.74, 6) is -0.521. The second-order valence-electron chi connectivity index (χ2n) is 7.34. The minimum absolute atomic E-state index is 0.138. The van der Waals surface area contributed by atoms with Gasteiger partial charge in [-0.3, -0.25) is 14.3 Å². The maximum Gasteiger partial charge on any atom is 0.331 e. The number of benzene rings is 2. The quantitative estimate of drug-likeness (QED) is 0.420. The number of nitrogens with zero attached hydrogens (tertiary/aromatic N) is 2. The standard InChI is InChI=1S/C25H27N3O5/c1-5-32-21-14-11-19(12-15-21)13-16-22(29)33-18(3)24(30)26-23-17(2)27(4)28(25(23)31)20-9-7-6-8-10-20/h6-16,18H,5H2,1-4H3,(H,26,30)/b16-13+. The highest BCUT2D eigenvalue weighted by Crippen LogP contribution is 2.15. The van der Waals surface area contributed by atoms with Crippen molar-refractivity contribution in [2.45, 2.75) is 26.9 Å². The monoisotopic (exact) mass is 449 g/mol. The molecule has 2 aromatic carbocycles. The number of ether oxygens (including phenoxy) is 2. The third-order valence-electron chi connectivity index (χ3n) is 5.07. The maximum absolute atomic E-state index is 12.9. The number of aromatic nitrogens is 2. The van der Waals surface area contributed by atoms with Crippen molar-refractivity contribution < 1.29 is 19.1 Å². The molecule has 0 aliphatic heterocycles. The predicted molar refractivity (Wildman–Crippen MR) is 127 cm³/mol. The van der Waals surface area contributed by atoms with Crippen LogP contribution in [0.25, 0.3) is 11.8 Å². The molecule has 0 spiro atoms. The Balaban J connectivity index is 1.65. The fourth-order valence-corrected chi connectivity index (χ4v) is 3.21. The molecule has 1 unspecified atom stereocenters. The Hall–Kier alpha value is -4.07. The molecule has 0 aliphatic rings. The molecule has 1 heterocycles. The summed E-state index contributed by atoms with van der Waals surface area (Å²) in [6, 6.07) is 16.3. The van der Waals surface area contributed by atoms with Crippen LogP contribution in [0.15, 0.2) is 65.5 Å². The predicted octanol–water partition coefficient (Wildman–Crippen LogP) is 3.47. The van der Waals surface area contributed by atoms with Gasteiger partial charge in [-0.25, -0.2) is 9.48 Å². The van der Waals surface area contributed by atoms with E-state index in [-0.39, 0.29) is 11.2 Å². The lowest BCUT2D eigenvalue weighted by atomic mass is 10.2. The van der Waals surface area contributed by atoms with Gasteiger partial charge in [-0.2, -0.15) is 0 Å². The summed E-state index contributed by atoms with van der Waals surface area (Å²) in [6.07, 6.45) is 1.74. The number of amides is 1. The van der Waals surface area contributed by atoms with Gasteiger partial charge < -0.3 is 14.8 Å². The summed E-state index contributed by atoms with van der Waals surface area (Å²) in [6.45, 7) is 5.65. The highest BCUT2D eigenvalue weighted by atomic mass is 16.5. The third-order valence-corrected chi connectivity index (χ3v) is 5.07. The SMILES string of the molecule is CCOc1ccc(/C=C/C(=O)OC(C)C(=O)Nc2c(C)n(C)n(-c3ccccc3)c2=O)cc1. The van der Waals surface area contributed by atoms with Crippen LogP contribution >= 0.6 is 0 Å². The van der Waals surface area contributed by atoms with E-state index in [0.717, 1.165) is 11.3 Å². The number of anilines is 1. The average molecular weight is 450 g/mol. The highest BCUT2D eigenvalue weighted by molar-refractivity contribution is 5.97. The maximum atomic E-state index is 12.9. The largest absolute Gasteiger partial charge is 0.494 e. The van der Waals surface area contributed by atoms with Crippen molar-refractivity contribution >= 4 is 23.6 Å². The molecule has 0 aliphatic carbocycles. The van der Waals surface area contributed by atoms with Gasteiger partial charge in [0.05, 0.1) is 18.0 Å². The number of carbonyl (C=O) groups is 2. The second-order valence-corrected chi connectivity index (χ2v) is 7.34. The molecule has 33 heavy (non-hydrogen) atoms. The summed E-state index contributed by atoms with van der Waals surface area (Å²) < 4.78 is 13.7. The molecule has 1 atom stereocenters. The van der Waals surface area contributed by atoms with Crippen LogP contribution < -0.4 is 15.6 Å². The van der Waals surface area contributed by atoms with Crippen LogP contribution in [0, 0.1) is 6.92 Å². The van der Waals surface area contributed by atoms with Crippen molar-refractivity contribution in [1.29, 1.82) is 0 Å². The first-order valence-electron chi connectivity index (χ1n) is 10.6. The fraction of sp³-hybridized carbons (Fsp3) is 0.240. The molecule has 172 valence electrons. The van der Waals surface area contributed by atoms with Gasteiger partial charge in [0.15, 0.2) is 6.10 Å². The van der Waals surface area contributed by atoms with Gasteiger partial charge in [0.2, 0.25) is 0 Å². The third kappa shape index (κ3) is 5.60. The van der Waals surface area contributed by atoms with E-state index in [1.807, 2.05) is 25.1 Å². The van der Waals surface area contributed by atoms with Crippen molar-refractivity contribution in [3.05, 3.63) is 82.3 Å². The van der Waals surface area contributed by atoms with Crippen molar-refractivity contribution in [1.82, 2.24) is 9.36 Å². The van der Waals surface area contributed by atoms with Crippen molar-refractivity contribution in [3.8, 4) is 11.4 Å². The van der Waals surface area contributed by atoms with Crippen LogP contribution in [0.3, 0.4) is 0 Å². The lowest BCUT2D eigenvalue weighted by Gasteiger charge is -2.11. The van der Waals surface area contributed by atoms with Gasteiger partial charge in [0.25, 0.3) is 11.5 Å². The first-order chi connectivity index (χ1) is 15.8. The van der Waals surface area contributed by atoms with Gasteiger partial charge in [-0.05, 0) is 56.7 Å². The van der Waals surface area contributed by atoms with E-state index in [1.165, 1.54) is 17.7 Å². The first-order valence-corrected chi connectivity index (χ1v) is 10.6. The molecule has 1 N–H and O–H groups in total. The Bertz CT molecular complexity index is 1210. The summed E-state index contributed by atoms with van der Waals surface area (Å²) in [4.78, 5) is 37.7. The molecular weight excluding hydrogens is 422 g/mol. The number of hydrogen-bond donors (Lipinski definition) is 1. The van der Waals surface area contributed by atoms with Crippen LogP contribution in [0.2, 0.25) is 0 Å². The number of para-hydroxylation sites is 1. The van der Waals surface area contributed by atoms with E-state index in [2.05, 4.69) is 5.32 Å². The average Bonchev–Trinajstić information content (AvgIpc) is 3.02. The molecule has 0 saturated heterocycles. The van der Waals surface area contributed by atoms with Crippen LogP contribution in [-0.2, 0) is 21.4 Å². The minimum Gasteiger partial charge on any atom is -0.494 e. The number of nitrogens with one attached hydrogen (secondary N) is 1. The zero-order valence-corrected chi connectivity index (χ0v) is 19.1. The van der Waals surface area contributed by atoms with Gasteiger partial charge in [0.1, 0.15) is 11.4 Å². The summed E-state index contributed by atoms with van der Waals surface area (Å²) >= 11 is 0. The number of hydrogen-bond acceptors (Lipinski definition) is 5. The number of carbonyl (C=O) groups excluding carboxylic acids is 2. The summed E-state index contributed by atoms with van der Waals surface area (Å²) in [7, 11) is 1.73. The van der Waals surface area contributed by atoms with Gasteiger partial charge in [0, 0.05) is 13.1 Å². The zero-order chi connectivity index (χ0) is 24.0. The Labute approximate surface area is 192 Å². The zero-order valence-electron chi connectivity index (χ0n) is 19.1. The Kier molecular flexibility index (Phi) is 7.50. The highest BCUT2D eigenvalue weighted by Gasteiger charge is 2.22. The Morgan fingerprint density at radius 1 is 1.09 bits per heavy atom. The lowest BCUT2D eigenvalue weighted by molar-refractivity contribution is -0.148. The van der Waals surface area contributed by atoms with Crippen molar-refractivity contribution in [3.63, 3.8) is 0 Å². The number of esters is 1. The van der Waals surface area contributed by atoms with E-state index in [9.17, 15) is 14.4 Å². The normalized spacial score (nSPS) is 11.9. The molecule has 8 heteroatoms. The number of rotatable bonds is 8. The second kappa shape index (κ2) is 10.5. The topological polar surface area (TPSA) is 91.6 Å². The molecule has 0 bridgehead atoms. The van der Waals surface area contributed by atoms with Crippen LogP contribution in [0.5, 0.6) is 5.75 Å². The minimum atomic E-state index is -1.09. The summed E-state index contributed by atoms with van der Waals surface area (Å²) in [5, 5.41) is 2.60.